The van der Waals surface area contributed by atoms with Gasteiger partial charge < -0.3 is 25.4 Å². The van der Waals surface area contributed by atoms with Crippen LogP contribution in [0.15, 0.2) is 117 Å². The maximum absolute atomic E-state index is 5.15. The number of aromatic nitrogens is 4. The molecule has 0 unspecified atom stereocenters. The number of nitrogens with zero attached hydrogens (tertiary/aromatic N) is 8. The van der Waals surface area contributed by atoms with E-state index in [0.29, 0.717) is 0 Å². The van der Waals surface area contributed by atoms with Crippen molar-refractivity contribution in [2.24, 2.45) is 20.0 Å². The zero-order valence-electron chi connectivity index (χ0n) is 37.7. The first-order valence-corrected chi connectivity index (χ1v) is 22.3. The summed E-state index contributed by atoms with van der Waals surface area (Å²) in [6.45, 7) is 13.4. The molecule has 9 nitrogen and oxygen atoms in total. The van der Waals surface area contributed by atoms with Crippen LogP contribution in [-0.2, 0) is 50.4 Å². The zero-order valence-corrected chi connectivity index (χ0v) is 39.9. The molecule has 2 radical (unpaired) electrons. The first-order chi connectivity index (χ1) is 29.4. The Morgan fingerprint density at radius 3 is 0.794 bits per heavy atom. The summed E-state index contributed by atoms with van der Waals surface area (Å²) in [6, 6.07) is 32.6. The topological polar surface area (TPSA) is 134 Å². The number of unbranched alkanes of at least 4 members (excludes halogenated alkanes) is 3. The van der Waals surface area contributed by atoms with Crippen molar-refractivity contribution in [1.29, 1.82) is 0 Å². The Morgan fingerprint density at radius 2 is 0.587 bits per heavy atom. The van der Waals surface area contributed by atoms with Crippen molar-refractivity contribution >= 4 is 47.6 Å². The summed E-state index contributed by atoms with van der Waals surface area (Å²) in [5.41, 5.74) is 9.74. The van der Waals surface area contributed by atoms with Crippen molar-refractivity contribution in [2.45, 2.75) is 129 Å². The molecular formula is C52H62Fe2N8O. The van der Waals surface area contributed by atoms with Gasteiger partial charge in [-0.05, 0) is 60.8 Å². The molecule has 2 aromatic carbocycles. The van der Waals surface area contributed by atoms with Crippen LogP contribution in [0.2, 0.25) is 0 Å². The monoisotopic (exact) mass is 926 g/mol. The molecule has 1 aliphatic rings. The van der Waals surface area contributed by atoms with Gasteiger partial charge in [-0.3, -0.25) is 20.0 Å². The summed E-state index contributed by atoms with van der Waals surface area (Å²) in [4.78, 5) is 40.1. The third kappa shape index (κ3) is 12.9. The van der Waals surface area contributed by atoms with E-state index < -0.39 is 0 Å². The van der Waals surface area contributed by atoms with E-state index in [1.807, 2.05) is 73.4 Å². The number of para-hydroxylation sites is 4. The van der Waals surface area contributed by atoms with Crippen LogP contribution in [0.3, 0.4) is 0 Å². The Hall–Kier alpha value is -4.76. The van der Waals surface area contributed by atoms with E-state index in [1.165, 1.54) is 25.7 Å². The van der Waals surface area contributed by atoms with Crippen molar-refractivity contribution in [2.75, 3.05) is 0 Å². The third-order valence-electron chi connectivity index (χ3n) is 11.4. The van der Waals surface area contributed by atoms with Gasteiger partial charge in [-0.2, -0.15) is 22.8 Å². The molecular weight excluding hydrogens is 864 g/mol. The van der Waals surface area contributed by atoms with E-state index in [-0.39, 0.29) is 50.4 Å². The minimum absolute atomic E-state index is 0. The molecule has 63 heavy (non-hydrogen) atoms. The van der Waals surface area contributed by atoms with E-state index in [2.05, 4.69) is 90.1 Å². The van der Waals surface area contributed by atoms with Crippen LogP contribution in [0.25, 0.3) is 0 Å². The van der Waals surface area contributed by atoms with Crippen LogP contribution >= 0.6 is 0 Å². The van der Waals surface area contributed by atoms with Crippen LogP contribution in [0.5, 0.6) is 0 Å². The fourth-order valence-corrected chi connectivity index (χ4v) is 8.52. The average molecular weight is 927 g/mol. The number of fused-ring (bicyclic) bond motifs is 10. The zero-order chi connectivity index (χ0) is 42.2. The molecule has 0 amide bonds. The predicted molar refractivity (Wildman–Crippen MR) is 253 cm³/mol. The predicted octanol–water partition coefficient (Wildman–Crippen LogP) is 13.1. The van der Waals surface area contributed by atoms with Crippen molar-refractivity contribution in [1.82, 2.24) is 19.9 Å². The summed E-state index contributed by atoms with van der Waals surface area (Å²) in [6.07, 6.45) is 20.6. The van der Waals surface area contributed by atoms with Crippen LogP contribution in [0.4, 0.5) is 22.7 Å². The third-order valence-corrected chi connectivity index (χ3v) is 11.4. The normalized spacial score (nSPS) is 13.6. The van der Waals surface area contributed by atoms with Crippen LogP contribution in [0.1, 0.15) is 164 Å². The number of benzene rings is 2. The first kappa shape index (κ1) is 52.6. The maximum atomic E-state index is 5.15. The summed E-state index contributed by atoms with van der Waals surface area (Å²) < 4.78 is 0. The van der Waals surface area contributed by atoms with Crippen molar-refractivity contribution in [3.8, 4) is 0 Å². The van der Waals surface area contributed by atoms with Gasteiger partial charge >= 0.3 is 34.1 Å². The maximum Gasteiger partial charge on any atom is 3.00 e. The van der Waals surface area contributed by atoms with E-state index >= 15 is 0 Å². The molecule has 7 rings (SSSR count). The van der Waals surface area contributed by atoms with Gasteiger partial charge in [0.2, 0.25) is 0 Å². The Morgan fingerprint density at radius 1 is 0.349 bits per heavy atom. The molecule has 0 spiro atoms. The van der Waals surface area contributed by atoms with Gasteiger partial charge in [-0.25, -0.2) is 0 Å². The van der Waals surface area contributed by atoms with Gasteiger partial charge in [-0.15, -0.1) is 22.8 Å². The standard InChI is InChI=1S/C46H48N8.C6H14.2Fe.O/c1-5-25-45(26-6-2)41-21-17-33(51-41)29-47-37-13-9-11-15-39(37)49-31-35-19-23-43(53-35)46(27-7-3,28-8-4)44-24-20-36(54-44)32-50-40-16-12-10-14-38(40)48-30-34-18-22-42(45)52-34;1-3-5-6-4-2;;;/h9-24,29-32H,5-8,25-28H2,1-4H3;3-6H2,1-2H3;;;/q-4;;2*+3;-2. The molecule has 0 saturated heterocycles. The number of rotatable bonds is 11. The van der Waals surface area contributed by atoms with Crippen LogP contribution in [0, 0.1) is 0 Å². The summed E-state index contributed by atoms with van der Waals surface area (Å²) in [5.74, 6) is 0. The Bertz CT molecular complexity index is 2040. The second-order valence-corrected chi connectivity index (χ2v) is 15.9. The van der Waals surface area contributed by atoms with Crippen LogP contribution in [-0.4, -0.2) is 24.9 Å². The minimum Gasteiger partial charge on any atom is -2.00 e. The van der Waals surface area contributed by atoms with Gasteiger partial charge in [-0.1, -0.05) is 166 Å². The SMILES string of the molecule is CCCC1(CCC)c2ccc([n-]2)C=Nc2ccccc2N=Cc2ccc([n-]2)C(CCC)(CCC)c2ccc([n-]2)C=Nc2ccccc2N=Cc2ccc1[n-]2.CCCCCC.[Fe+3].[Fe+3].[O-2]. The number of aliphatic imine (C=N–C) groups is 4. The molecule has 0 atom stereocenters. The molecule has 8 bridgehead atoms. The van der Waals surface area contributed by atoms with Crippen LogP contribution < -0.4 is 19.9 Å². The van der Waals surface area contributed by atoms with Gasteiger partial charge in [0, 0.05) is 24.9 Å². The molecule has 0 saturated carbocycles. The molecule has 5 heterocycles. The number of hydrogen-bond donors (Lipinski definition) is 0. The van der Waals surface area contributed by atoms with E-state index in [9.17, 15) is 0 Å². The summed E-state index contributed by atoms with van der Waals surface area (Å²) >= 11 is 0. The van der Waals surface area contributed by atoms with Crippen molar-refractivity contribution < 1.29 is 39.6 Å². The summed E-state index contributed by atoms with van der Waals surface area (Å²) in [5, 5.41) is 0. The second-order valence-electron chi connectivity index (χ2n) is 15.9. The Labute approximate surface area is 397 Å². The Kier molecular flexibility index (Phi) is 21.8. The van der Waals surface area contributed by atoms with Crippen molar-refractivity contribution in [3.05, 3.63) is 143 Å². The van der Waals surface area contributed by atoms with E-state index in [4.69, 9.17) is 39.9 Å². The quantitative estimate of drug-likeness (QED) is 0.0944. The fourth-order valence-electron chi connectivity index (χ4n) is 8.52. The molecule has 0 aliphatic carbocycles. The molecule has 1 aliphatic heterocycles. The molecule has 4 aromatic heterocycles. The average Bonchev–Trinajstić information content (AvgIpc) is 4.12. The van der Waals surface area contributed by atoms with E-state index in [1.54, 1.807) is 0 Å². The van der Waals surface area contributed by atoms with Gasteiger partial charge in [0.1, 0.15) is 0 Å². The molecule has 332 valence electrons. The molecule has 6 aromatic rings. The minimum atomic E-state index is -0.320. The second kappa shape index (κ2) is 26.1. The molecule has 0 N–H and O–H groups in total. The largest absolute Gasteiger partial charge is 3.00 e. The molecule has 0 fully saturated rings. The van der Waals surface area contributed by atoms with Gasteiger partial charge in [0.25, 0.3) is 0 Å². The van der Waals surface area contributed by atoms with Gasteiger partial charge in [0.05, 0.1) is 22.7 Å². The van der Waals surface area contributed by atoms with E-state index in [0.717, 1.165) is 120 Å². The first-order valence-electron chi connectivity index (χ1n) is 22.3. The molecule has 11 heteroatoms. The smallest absolute Gasteiger partial charge is 2.00 e. The fraction of sp³-hybridized carbons (Fsp3) is 0.385. The summed E-state index contributed by atoms with van der Waals surface area (Å²) in [7, 11) is 0. The number of hydrogen-bond acceptors (Lipinski definition) is 4. The van der Waals surface area contributed by atoms with Crippen molar-refractivity contribution in [3.63, 3.8) is 0 Å². The Balaban J connectivity index is 0.00000110. The van der Waals surface area contributed by atoms with Gasteiger partial charge in [0.15, 0.2) is 0 Å².